The van der Waals surface area contributed by atoms with Crippen LogP contribution < -0.4 is 5.32 Å². The van der Waals surface area contributed by atoms with Crippen LogP contribution in [0.4, 0.5) is 5.69 Å². The number of anilines is 1. The molecule has 1 aliphatic heterocycles. The molecule has 1 saturated heterocycles. The maximum atomic E-state index is 12.7. The molecule has 2 aromatic rings. The molecule has 178 valence electrons. The largest absolute Gasteiger partial charge is 0.462 e. The molecule has 1 N–H and O–H groups in total. The Morgan fingerprint density at radius 1 is 1.06 bits per heavy atom. The minimum absolute atomic E-state index is 0.0559. The van der Waals surface area contributed by atoms with E-state index < -0.39 is 0 Å². The van der Waals surface area contributed by atoms with Gasteiger partial charge in [0, 0.05) is 18.7 Å². The molecule has 0 unspecified atom stereocenters. The molecule has 0 aliphatic carbocycles. The van der Waals surface area contributed by atoms with Crippen LogP contribution in [0.2, 0.25) is 0 Å². The van der Waals surface area contributed by atoms with Crippen LogP contribution in [0.25, 0.3) is 6.08 Å². The number of carbonyl (C=O) groups is 3. The summed E-state index contributed by atoms with van der Waals surface area (Å²) in [7, 11) is 0. The molecule has 34 heavy (non-hydrogen) atoms. The lowest BCUT2D eigenvalue weighted by atomic mass is 10.1. The minimum Gasteiger partial charge on any atom is -0.462 e. The lowest BCUT2D eigenvalue weighted by Gasteiger charge is -2.14. The molecule has 2 amide bonds. The standard InChI is InChI=1S/C26H28N2O4S2/c1-3-32-25(31)20-12-14-21(15-13-20)27-23(29)7-5-4-6-16-28-24(30)22(34-26(28)33)17-19-10-8-18(2)9-11-19/h8-15,17H,3-7,16H2,1-2H3,(H,27,29)/b22-17-. The predicted octanol–water partition coefficient (Wildman–Crippen LogP) is 5.57. The molecule has 1 fully saturated rings. The summed E-state index contributed by atoms with van der Waals surface area (Å²) in [6.45, 7) is 4.65. The van der Waals surface area contributed by atoms with Crippen molar-refractivity contribution in [3.8, 4) is 0 Å². The summed E-state index contributed by atoms with van der Waals surface area (Å²) in [4.78, 5) is 38.9. The van der Waals surface area contributed by atoms with E-state index in [0.717, 1.165) is 18.4 Å². The molecule has 0 aromatic heterocycles. The summed E-state index contributed by atoms with van der Waals surface area (Å²) in [6, 6.07) is 14.6. The van der Waals surface area contributed by atoms with Crippen molar-refractivity contribution in [2.24, 2.45) is 0 Å². The van der Waals surface area contributed by atoms with Gasteiger partial charge in [-0.25, -0.2) is 4.79 Å². The Bertz CT molecular complexity index is 1080. The minimum atomic E-state index is -0.382. The van der Waals surface area contributed by atoms with E-state index in [0.29, 0.717) is 46.5 Å². The molecule has 1 aliphatic rings. The van der Waals surface area contributed by atoms with Gasteiger partial charge in [-0.15, -0.1) is 0 Å². The van der Waals surface area contributed by atoms with E-state index in [2.05, 4.69) is 5.32 Å². The Hall–Kier alpha value is -2.97. The summed E-state index contributed by atoms with van der Waals surface area (Å²) < 4.78 is 5.52. The van der Waals surface area contributed by atoms with Crippen molar-refractivity contribution in [2.45, 2.75) is 39.5 Å². The zero-order chi connectivity index (χ0) is 24.5. The second-order valence-electron chi connectivity index (χ2n) is 7.90. The van der Waals surface area contributed by atoms with Gasteiger partial charge in [0.1, 0.15) is 4.32 Å². The van der Waals surface area contributed by atoms with Gasteiger partial charge in [-0.05, 0) is 62.6 Å². The zero-order valence-electron chi connectivity index (χ0n) is 19.3. The molecule has 0 atom stereocenters. The first-order valence-electron chi connectivity index (χ1n) is 11.3. The third kappa shape index (κ3) is 7.27. The van der Waals surface area contributed by atoms with Crippen molar-refractivity contribution in [1.82, 2.24) is 4.90 Å². The molecular weight excluding hydrogens is 468 g/mol. The van der Waals surface area contributed by atoms with Crippen LogP contribution in [0.5, 0.6) is 0 Å². The number of carbonyl (C=O) groups excluding carboxylic acids is 3. The molecule has 1 heterocycles. The third-order valence-electron chi connectivity index (χ3n) is 5.21. The van der Waals surface area contributed by atoms with E-state index in [1.807, 2.05) is 37.3 Å². The summed E-state index contributed by atoms with van der Waals surface area (Å²) in [6.07, 6.45) is 4.55. The number of unbranched alkanes of at least 4 members (excludes halogenated alkanes) is 2. The summed E-state index contributed by atoms with van der Waals surface area (Å²) >= 11 is 6.73. The Morgan fingerprint density at radius 3 is 2.44 bits per heavy atom. The average Bonchev–Trinajstić information content (AvgIpc) is 3.08. The van der Waals surface area contributed by atoms with Crippen LogP contribution in [0.15, 0.2) is 53.4 Å². The summed E-state index contributed by atoms with van der Waals surface area (Å²) in [5.41, 5.74) is 3.23. The number of nitrogens with zero attached hydrogens (tertiary/aromatic N) is 1. The first-order chi connectivity index (χ1) is 16.4. The number of thioether (sulfide) groups is 1. The van der Waals surface area contributed by atoms with Crippen molar-refractivity contribution >= 4 is 57.8 Å². The molecular formula is C26H28N2O4S2. The number of aryl methyl sites for hydroxylation is 1. The van der Waals surface area contributed by atoms with Crippen molar-refractivity contribution in [1.29, 1.82) is 0 Å². The van der Waals surface area contributed by atoms with Gasteiger partial charge in [-0.2, -0.15) is 0 Å². The van der Waals surface area contributed by atoms with Crippen molar-refractivity contribution in [3.05, 3.63) is 70.1 Å². The van der Waals surface area contributed by atoms with E-state index in [9.17, 15) is 14.4 Å². The number of hydrogen-bond acceptors (Lipinski definition) is 6. The number of nitrogens with one attached hydrogen (secondary N) is 1. The van der Waals surface area contributed by atoms with E-state index in [-0.39, 0.29) is 17.8 Å². The number of hydrogen-bond donors (Lipinski definition) is 1. The molecule has 8 heteroatoms. The Balaban J connectivity index is 1.38. The topological polar surface area (TPSA) is 75.7 Å². The Labute approximate surface area is 209 Å². The van der Waals surface area contributed by atoms with Crippen LogP contribution in [-0.2, 0) is 14.3 Å². The SMILES string of the molecule is CCOC(=O)c1ccc(NC(=O)CCCCCN2C(=O)/C(=C/c3ccc(C)cc3)SC2=S)cc1. The predicted molar refractivity (Wildman–Crippen MR) is 141 cm³/mol. The van der Waals surface area contributed by atoms with E-state index >= 15 is 0 Å². The Kier molecular flexibility index (Phi) is 9.42. The number of thiocarbonyl (C=S) groups is 1. The number of benzene rings is 2. The highest BCUT2D eigenvalue weighted by Crippen LogP contribution is 2.32. The lowest BCUT2D eigenvalue weighted by molar-refractivity contribution is -0.122. The molecule has 0 bridgehead atoms. The summed E-state index contributed by atoms with van der Waals surface area (Å²) in [5, 5.41) is 2.83. The first-order valence-corrected chi connectivity index (χ1v) is 12.5. The van der Waals surface area contributed by atoms with Gasteiger partial charge in [0.25, 0.3) is 5.91 Å². The smallest absolute Gasteiger partial charge is 0.338 e. The lowest BCUT2D eigenvalue weighted by Crippen LogP contribution is -2.29. The molecule has 0 radical (unpaired) electrons. The quantitative estimate of drug-likeness (QED) is 0.201. The molecule has 0 spiro atoms. The molecule has 3 rings (SSSR count). The number of rotatable bonds is 10. The molecule has 6 nitrogen and oxygen atoms in total. The van der Waals surface area contributed by atoms with Crippen LogP contribution in [0.1, 0.15) is 54.1 Å². The number of ether oxygens (including phenoxy) is 1. The van der Waals surface area contributed by atoms with Crippen LogP contribution in [0.3, 0.4) is 0 Å². The fourth-order valence-electron chi connectivity index (χ4n) is 3.37. The van der Waals surface area contributed by atoms with E-state index in [1.54, 1.807) is 36.1 Å². The van der Waals surface area contributed by atoms with Gasteiger partial charge in [-0.1, -0.05) is 60.2 Å². The monoisotopic (exact) mass is 496 g/mol. The summed E-state index contributed by atoms with van der Waals surface area (Å²) in [5.74, 6) is -0.525. The highest BCUT2D eigenvalue weighted by molar-refractivity contribution is 8.26. The average molecular weight is 497 g/mol. The first kappa shape index (κ1) is 25.6. The van der Waals surface area contributed by atoms with Crippen LogP contribution in [0, 0.1) is 6.92 Å². The Morgan fingerprint density at radius 2 is 1.76 bits per heavy atom. The fourth-order valence-corrected chi connectivity index (χ4v) is 4.68. The third-order valence-corrected chi connectivity index (χ3v) is 6.59. The van der Waals surface area contributed by atoms with Gasteiger partial charge in [0.15, 0.2) is 0 Å². The van der Waals surface area contributed by atoms with Crippen LogP contribution in [-0.4, -0.2) is 40.2 Å². The second-order valence-corrected chi connectivity index (χ2v) is 9.58. The fraction of sp³-hybridized carbons (Fsp3) is 0.308. The maximum absolute atomic E-state index is 12.7. The highest BCUT2D eigenvalue weighted by atomic mass is 32.2. The zero-order valence-corrected chi connectivity index (χ0v) is 21.0. The van der Waals surface area contributed by atoms with Gasteiger partial charge >= 0.3 is 5.97 Å². The van der Waals surface area contributed by atoms with Crippen molar-refractivity contribution in [3.63, 3.8) is 0 Å². The van der Waals surface area contributed by atoms with Crippen LogP contribution >= 0.6 is 24.0 Å². The van der Waals surface area contributed by atoms with Crippen molar-refractivity contribution in [2.75, 3.05) is 18.5 Å². The van der Waals surface area contributed by atoms with Gasteiger partial charge < -0.3 is 10.1 Å². The van der Waals surface area contributed by atoms with Gasteiger partial charge in [0.2, 0.25) is 5.91 Å². The molecule has 0 saturated carbocycles. The van der Waals surface area contributed by atoms with Gasteiger partial charge in [0.05, 0.1) is 17.1 Å². The maximum Gasteiger partial charge on any atom is 0.338 e. The van der Waals surface area contributed by atoms with Crippen molar-refractivity contribution < 1.29 is 19.1 Å². The number of amides is 2. The van der Waals surface area contributed by atoms with Gasteiger partial charge in [-0.3, -0.25) is 14.5 Å². The second kappa shape index (κ2) is 12.5. The molecule has 2 aromatic carbocycles. The number of esters is 1. The van der Waals surface area contributed by atoms with E-state index in [1.165, 1.54) is 17.3 Å². The normalized spacial score (nSPS) is 14.5. The van der Waals surface area contributed by atoms with E-state index in [4.69, 9.17) is 17.0 Å². The highest BCUT2D eigenvalue weighted by Gasteiger charge is 2.31.